The number of nitrogens with one attached hydrogen (secondary N) is 1. The lowest BCUT2D eigenvalue weighted by atomic mass is 10.00. The Morgan fingerprint density at radius 2 is 2.10 bits per heavy atom. The van der Waals surface area contributed by atoms with Crippen LogP contribution in [0.3, 0.4) is 0 Å². The van der Waals surface area contributed by atoms with Gasteiger partial charge in [0.05, 0.1) is 22.9 Å². The van der Waals surface area contributed by atoms with Crippen molar-refractivity contribution in [2.45, 2.75) is 13.3 Å². The number of amides is 1. The van der Waals surface area contributed by atoms with E-state index in [4.69, 9.17) is 10.00 Å². The van der Waals surface area contributed by atoms with Crippen molar-refractivity contribution < 1.29 is 19.0 Å². The average Bonchev–Trinajstić information content (AvgIpc) is 3.14. The first-order chi connectivity index (χ1) is 14.5. The quantitative estimate of drug-likeness (QED) is 0.580. The summed E-state index contributed by atoms with van der Waals surface area (Å²) in [6.45, 7) is 2.57. The van der Waals surface area contributed by atoms with Crippen LogP contribution in [0.2, 0.25) is 0 Å². The smallest absolute Gasteiger partial charge is 0.252 e. The fourth-order valence-electron chi connectivity index (χ4n) is 2.93. The Morgan fingerprint density at radius 1 is 1.30 bits per heavy atom. The van der Waals surface area contributed by atoms with E-state index in [1.54, 1.807) is 31.4 Å². The van der Waals surface area contributed by atoms with Gasteiger partial charge < -0.3 is 15.2 Å². The number of carbonyl (C=O) groups is 1. The largest absolute Gasteiger partial charge is 0.493 e. The van der Waals surface area contributed by atoms with Gasteiger partial charge in [0.25, 0.3) is 5.91 Å². The molecule has 0 aliphatic heterocycles. The summed E-state index contributed by atoms with van der Waals surface area (Å²) in [5.74, 6) is -0.840. The second kappa shape index (κ2) is 9.15. The highest BCUT2D eigenvalue weighted by atomic mass is 19.1. The highest BCUT2D eigenvalue weighted by Gasteiger charge is 2.18. The second-order valence-electron chi connectivity index (χ2n) is 6.51. The zero-order valence-corrected chi connectivity index (χ0v) is 16.5. The molecule has 154 valence electrons. The zero-order chi connectivity index (χ0) is 21.7. The molecule has 0 saturated heterocycles. The maximum absolute atomic E-state index is 14.3. The molecule has 0 aliphatic rings. The van der Waals surface area contributed by atoms with E-state index < -0.39 is 5.82 Å². The van der Waals surface area contributed by atoms with Crippen LogP contribution >= 0.6 is 0 Å². The number of halogens is 1. The lowest BCUT2D eigenvalue weighted by molar-refractivity contribution is 0.0948. The molecule has 1 aromatic carbocycles. The van der Waals surface area contributed by atoms with Gasteiger partial charge in [0, 0.05) is 26.5 Å². The predicted octanol–water partition coefficient (Wildman–Crippen LogP) is 2.73. The van der Waals surface area contributed by atoms with Crippen LogP contribution in [0.15, 0.2) is 36.7 Å². The van der Waals surface area contributed by atoms with Crippen molar-refractivity contribution in [3.63, 3.8) is 0 Å². The van der Waals surface area contributed by atoms with Crippen molar-refractivity contribution in [1.82, 2.24) is 20.1 Å². The minimum absolute atomic E-state index is 0.0686. The Balaban J connectivity index is 1.82. The lowest BCUT2D eigenvalue weighted by Crippen LogP contribution is -2.25. The summed E-state index contributed by atoms with van der Waals surface area (Å²) < 4.78 is 20.4. The van der Waals surface area contributed by atoms with Crippen LogP contribution < -0.4 is 5.32 Å². The molecule has 0 unspecified atom stereocenters. The topological polar surface area (TPSA) is 113 Å². The molecule has 0 atom stereocenters. The van der Waals surface area contributed by atoms with Crippen LogP contribution in [-0.4, -0.2) is 46.0 Å². The SMILES string of the molecule is COCCCNC(=O)c1ccc(-n2ncc(-c3ccc(C#N)c(F)c3C)c2O)nc1. The number of carbonyl (C=O) groups excluding carboxylic acids is 1. The van der Waals surface area contributed by atoms with Crippen molar-refractivity contribution in [3.8, 4) is 28.9 Å². The molecule has 0 saturated carbocycles. The fourth-order valence-corrected chi connectivity index (χ4v) is 2.93. The molecule has 2 aromatic heterocycles. The molecule has 0 aliphatic carbocycles. The van der Waals surface area contributed by atoms with Crippen molar-refractivity contribution >= 4 is 5.91 Å². The number of aromatic hydroxyl groups is 1. The Morgan fingerprint density at radius 3 is 2.77 bits per heavy atom. The number of benzene rings is 1. The van der Waals surface area contributed by atoms with E-state index in [1.807, 2.05) is 0 Å². The summed E-state index contributed by atoms with van der Waals surface area (Å²) in [6.07, 6.45) is 3.47. The number of hydrogen-bond donors (Lipinski definition) is 2. The third kappa shape index (κ3) is 4.14. The lowest BCUT2D eigenvalue weighted by Gasteiger charge is -2.08. The number of nitriles is 1. The summed E-state index contributed by atoms with van der Waals surface area (Å²) in [5.41, 5.74) is 1.26. The van der Waals surface area contributed by atoms with Crippen LogP contribution in [-0.2, 0) is 4.74 Å². The molecule has 3 rings (SSSR count). The van der Waals surface area contributed by atoms with Gasteiger partial charge in [-0.25, -0.2) is 9.37 Å². The molecule has 8 nitrogen and oxygen atoms in total. The fraction of sp³-hybridized carbons (Fsp3) is 0.238. The number of aromatic nitrogens is 3. The van der Waals surface area contributed by atoms with Gasteiger partial charge in [0.2, 0.25) is 5.88 Å². The third-order valence-corrected chi connectivity index (χ3v) is 4.58. The van der Waals surface area contributed by atoms with Crippen LogP contribution in [0.1, 0.15) is 27.9 Å². The number of nitrogens with zero attached hydrogens (tertiary/aromatic N) is 4. The van der Waals surface area contributed by atoms with E-state index in [9.17, 15) is 14.3 Å². The minimum atomic E-state index is -0.638. The monoisotopic (exact) mass is 409 g/mol. The number of rotatable bonds is 7. The van der Waals surface area contributed by atoms with Gasteiger partial charge in [-0.15, -0.1) is 0 Å². The van der Waals surface area contributed by atoms with Gasteiger partial charge in [-0.3, -0.25) is 4.79 Å². The van der Waals surface area contributed by atoms with Crippen molar-refractivity contribution in [3.05, 3.63) is 59.2 Å². The van der Waals surface area contributed by atoms with Crippen LogP contribution in [0.5, 0.6) is 5.88 Å². The van der Waals surface area contributed by atoms with Crippen molar-refractivity contribution in [1.29, 1.82) is 5.26 Å². The van der Waals surface area contributed by atoms with Gasteiger partial charge >= 0.3 is 0 Å². The van der Waals surface area contributed by atoms with Gasteiger partial charge in [-0.05, 0) is 42.7 Å². The molecule has 0 radical (unpaired) electrons. The molecule has 0 fully saturated rings. The Labute approximate surface area is 172 Å². The molecule has 2 heterocycles. The summed E-state index contributed by atoms with van der Waals surface area (Å²) in [5, 5.41) is 26.4. The summed E-state index contributed by atoms with van der Waals surface area (Å²) >= 11 is 0. The Bertz CT molecular complexity index is 1100. The summed E-state index contributed by atoms with van der Waals surface area (Å²) in [4.78, 5) is 16.3. The minimum Gasteiger partial charge on any atom is -0.493 e. The van der Waals surface area contributed by atoms with Crippen LogP contribution in [0.4, 0.5) is 4.39 Å². The maximum Gasteiger partial charge on any atom is 0.252 e. The Kier molecular flexibility index (Phi) is 6.39. The van der Waals surface area contributed by atoms with E-state index >= 15 is 0 Å². The van der Waals surface area contributed by atoms with Gasteiger partial charge in [-0.1, -0.05) is 6.07 Å². The molecule has 30 heavy (non-hydrogen) atoms. The average molecular weight is 409 g/mol. The van der Waals surface area contributed by atoms with E-state index in [0.717, 1.165) is 0 Å². The first-order valence-corrected chi connectivity index (χ1v) is 9.18. The normalized spacial score (nSPS) is 10.6. The second-order valence-corrected chi connectivity index (χ2v) is 6.51. The number of hydrogen-bond acceptors (Lipinski definition) is 6. The first kappa shape index (κ1) is 21.0. The van der Waals surface area contributed by atoms with Crippen LogP contribution in [0, 0.1) is 24.1 Å². The number of ether oxygens (including phenoxy) is 1. The molecule has 3 aromatic rings. The standard InChI is InChI=1S/C21H20FN5O3/c1-13-16(6-4-14(10-23)19(13)22)17-12-26-27(21(17)29)18-7-5-15(11-25-18)20(28)24-8-3-9-30-2/h4-7,11-12,29H,3,8-9H2,1-2H3,(H,24,28). The zero-order valence-electron chi connectivity index (χ0n) is 16.5. The highest BCUT2D eigenvalue weighted by molar-refractivity contribution is 5.93. The summed E-state index contributed by atoms with van der Waals surface area (Å²) in [6, 6.07) is 7.82. The molecule has 0 spiro atoms. The van der Waals surface area contributed by atoms with Crippen LogP contribution in [0.25, 0.3) is 16.9 Å². The molecule has 1 amide bonds. The van der Waals surface area contributed by atoms with Gasteiger partial charge in [0.15, 0.2) is 5.82 Å². The molecular weight excluding hydrogens is 389 g/mol. The number of methoxy groups -OCH3 is 1. The third-order valence-electron chi connectivity index (χ3n) is 4.58. The van der Waals surface area contributed by atoms with Gasteiger partial charge in [-0.2, -0.15) is 15.0 Å². The maximum atomic E-state index is 14.3. The van der Waals surface area contributed by atoms with Gasteiger partial charge in [0.1, 0.15) is 11.9 Å². The summed E-state index contributed by atoms with van der Waals surface area (Å²) in [7, 11) is 1.60. The molecule has 2 N–H and O–H groups in total. The number of pyridine rings is 1. The molecule has 9 heteroatoms. The van der Waals surface area contributed by atoms with E-state index in [1.165, 1.54) is 30.1 Å². The highest BCUT2D eigenvalue weighted by Crippen LogP contribution is 2.34. The van der Waals surface area contributed by atoms with E-state index in [-0.39, 0.29) is 22.9 Å². The predicted molar refractivity (Wildman–Crippen MR) is 107 cm³/mol. The molecular formula is C21H20FN5O3. The van der Waals surface area contributed by atoms with Crippen molar-refractivity contribution in [2.75, 3.05) is 20.3 Å². The molecule has 0 bridgehead atoms. The van der Waals surface area contributed by atoms with E-state index in [2.05, 4.69) is 15.4 Å². The first-order valence-electron chi connectivity index (χ1n) is 9.18. The Hall–Kier alpha value is -3.77. The van der Waals surface area contributed by atoms with E-state index in [0.29, 0.717) is 42.1 Å². The van der Waals surface area contributed by atoms with Crippen molar-refractivity contribution in [2.24, 2.45) is 0 Å².